The van der Waals surface area contributed by atoms with Gasteiger partial charge in [0.05, 0.1) is 4.92 Å². The first kappa shape index (κ1) is 17.8. The van der Waals surface area contributed by atoms with Crippen molar-refractivity contribution in [3.63, 3.8) is 0 Å². The van der Waals surface area contributed by atoms with Crippen molar-refractivity contribution in [2.24, 2.45) is 0 Å². The zero-order valence-corrected chi connectivity index (χ0v) is 12.9. The summed E-state index contributed by atoms with van der Waals surface area (Å²) in [4.78, 5) is 22.0. The Hall–Kier alpha value is -1.18. The number of non-ortho nitro benzene ring substituents is 1. The number of likely N-dealkylation sites (N-methyl/N-ethyl adjacent to an activating group) is 1. The topological polar surface area (TPSA) is 84.3 Å². The first-order valence-electron chi connectivity index (χ1n) is 5.34. The number of halogens is 2. The number of nitro groups is 1. The van der Waals surface area contributed by atoms with E-state index in [4.69, 9.17) is 0 Å². The van der Waals surface area contributed by atoms with Crippen molar-refractivity contribution >= 4 is 39.9 Å². The Kier molecular flexibility index (Phi) is 7.58. The minimum absolute atomic E-state index is 0. The van der Waals surface area contributed by atoms with Crippen LogP contribution in [0.5, 0.6) is 0 Å². The number of carbonyl (C=O) groups is 1. The number of nitrogens with one attached hydrogen (secondary N) is 2. The fraction of sp³-hybridized carbons (Fsp3) is 0.364. The highest BCUT2D eigenvalue weighted by Gasteiger charge is 2.14. The van der Waals surface area contributed by atoms with Gasteiger partial charge in [0, 0.05) is 34.8 Å². The SMILES string of the molecule is CNC(C)CNC(=O)c1cc(Br)cc([N+](=O)[O-])c1.Cl. The van der Waals surface area contributed by atoms with Crippen LogP contribution in [0.2, 0.25) is 0 Å². The lowest BCUT2D eigenvalue weighted by Gasteiger charge is -2.11. The van der Waals surface area contributed by atoms with Gasteiger partial charge in [-0.1, -0.05) is 15.9 Å². The van der Waals surface area contributed by atoms with Crippen LogP contribution in [0.25, 0.3) is 0 Å². The average molecular weight is 353 g/mol. The Balaban J connectivity index is 0.00000324. The molecular formula is C11H15BrClN3O3. The molecule has 0 saturated heterocycles. The van der Waals surface area contributed by atoms with Crippen LogP contribution in [0, 0.1) is 10.1 Å². The minimum atomic E-state index is -0.530. The smallest absolute Gasteiger partial charge is 0.271 e. The van der Waals surface area contributed by atoms with Crippen LogP contribution < -0.4 is 10.6 Å². The summed E-state index contributed by atoms with van der Waals surface area (Å²) in [5.41, 5.74) is 0.149. The van der Waals surface area contributed by atoms with Gasteiger partial charge in [-0.2, -0.15) is 0 Å². The molecule has 0 aliphatic heterocycles. The molecule has 0 fully saturated rings. The van der Waals surface area contributed by atoms with E-state index in [0.717, 1.165) is 0 Å². The zero-order valence-electron chi connectivity index (χ0n) is 10.5. The zero-order chi connectivity index (χ0) is 13.7. The summed E-state index contributed by atoms with van der Waals surface area (Å²) < 4.78 is 0.503. The molecule has 0 spiro atoms. The molecule has 0 saturated carbocycles. The van der Waals surface area contributed by atoms with Crippen molar-refractivity contribution in [2.45, 2.75) is 13.0 Å². The third kappa shape index (κ3) is 5.54. The average Bonchev–Trinajstić information content (AvgIpc) is 2.34. The third-order valence-corrected chi connectivity index (χ3v) is 2.87. The monoisotopic (exact) mass is 351 g/mol. The first-order chi connectivity index (χ1) is 8.43. The van der Waals surface area contributed by atoms with Gasteiger partial charge in [-0.3, -0.25) is 14.9 Å². The molecular weight excluding hydrogens is 337 g/mol. The Morgan fingerprint density at radius 3 is 2.63 bits per heavy atom. The summed E-state index contributed by atoms with van der Waals surface area (Å²) in [6.07, 6.45) is 0. The summed E-state index contributed by atoms with van der Waals surface area (Å²) in [7, 11) is 1.79. The number of nitro benzene ring substituents is 1. The Labute approximate surface area is 125 Å². The summed E-state index contributed by atoms with van der Waals surface area (Å²) in [5, 5.41) is 16.4. The number of nitrogens with zero attached hydrogens (tertiary/aromatic N) is 1. The molecule has 0 aliphatic carbocycles. The van der Waals surface area contributed by atoms with Crippen LogP contribution >= 0.6 is 28.3 Å². The number of amides is 1. The number of hydrogen-bond acceptors (Lipinski definition) is 4. The van der Waals surface area contributed by atoms with Crippen LogP contribution in [0.3, 0.4) is 0 Å². The third-order valence-electron chi connectivity index (χ3n) is 2.42. The van der Waals surface area contributed by atoms with Gasteiger partial charge in [-0.25, -0.2) is 0 Å². The van der Waals surface area contributed by atoms with Crippen molar-refractivity contribution in [3.05, 3.63) is 38.3 Å². The van der Waals surface area contributed by atoms with E-state index in [1.165, 1.54) is 12.1 Å². The Morgan fingerprint density at radius 1 is 1.47 bits per heavy atom. The number of benzene rings is 1. The standard InChI is InChI=1S/C11H14BrN3O3.ClH/c1-7(13-2)6-14-11(16)8-3-9(12)5-10(4-8)15(17)18;/h3-5,7,13H,6H2,1-2H3,(H,14,16);1H. The minimum Gasteiger partial charge on any atom is -0.350 e. The van der Waals surface area contributed by atoms with Crippen LogP contribution in [0.4, 0.5) is 5.69 Å². The predicted octanol–water partition coefficient (Wildman–Crippen LogP) is 2.12. The predicted molar refractivity (Wildman–Crippen MR) is 78.9 cm³/mol. The molecule has 1 amide bonds. The molecule has 1 aromatic rings. The van der Waals surface area contributed by atoms with Crippen molar-refractivity contribution in [1.82, 2.24) is 10.6 Å². The number of hydrogen-bond donors (Lipinski definition) is 2. The molecule has 0 bridgehead atoms. The molecule has 0 heterocycles. The van der Waals surface area contributed by atoms with Gasteiger partial charge in [0.25, 0.3) is 11.6 Å². The van der Waals surface area contributed by atoms with E-state index >= 15 is 0 Å². The van der Waals surface area contributed by atoms with Gasteiger partial charge in [-0.05, 0) is 20.0 Å². The lowest BCUT2D eigenvalue weighted by Crippen LogP contribution is -2.37. The van der Waals surface area contributed by atoms with Gasteiger partial charge >= 0.3 is 0 Å². The molecule has 1 rings (SSSR count). The Morgan fingerprint density at radius 2 is 2.11 bits per heavy atom. The van der Waals surface area contributed by atoms with Crippen molar-refractivity contribution < 1.29 is 9.72 Å². The quantitative estimate of drug-likeness (QED) is 0.628. The van der Waals surface area contributed by atoms with Gasteiger partial charge in [0.15, 0.2) is 0 Å². The molecule has 8 heteroatoms. The lowest BCUT2D eigenvalue weighted by atomic mass is 10.2. The van der Waals surface area contributed by atoms with E-state index < -0.39 is 4.92 Å². The molecule has 0 radical (unpaired) electrons. The highest BCUT2D eigenvalue weighted by Crippen LogP contribution is 2.21. The molecule has 1 atom stereocenters. The van der Waals surface area contributed by atoms with E-state index in [9.17, 15) is 14.9 Å². The van der Waals surface area contributed by atoms with E-state index in [1.807, 2.05) is 6.92 Å². The fourth-order valence-corrected chi connectivity index (χ4v) is 1.74. The summed E-state index contributed by atoms with van der Waals surface area (Å²) >= 11 is 3.15. The van der Waals surface area contributed by atoms with Gasteiger partial charge in [-0.15, -0.1) is 12.4 Å². The summed E-state index contributed by atoms with van der Waals surface area (Å²) in [5.74, 6) is -0.332. The van der Waals surface area contributed by atoms with E-state index in [-0.39, 0.29) is 35.6 Å². The maximum Gasteiger partial charge on any atom is 0.271 e. The van der Waals surface area contributed by atoms with Crippen LogP contribution in [-0.4, -0.2) is 30.5 Å². The molecule has 2 N–H and O–H groups in total. The first-order valence-corrected chi connectivity index (χ1v) is 6.13. The highest BCUT2D eigenvalue weighted by molar-refractivity contribution is 9.10. The van der Waals surface area contributed by atoms with Crippen LogP contribution in [-0.2, 0) is 0 Å². The normalized spacial score (nSPS) is 11.3. The second-order valence-electron chi connectivity index (χ2n) is 3.85. The van der Waals surface area contributed by atoms with E-state index in [2.05, 4.69) is 26.6 Å². The second kappa shape index (κ2) is 8.08. The number of rotatable bonds is 5. The lowest BCUT2D eigenvalue weighted by molar-refractivity contribution is -0.385. The molecule has 106 valence electrons. The number of carbonyl (C=O) groups excluding carboxylic acids is 1. The maximum atomic E-state index is 11.8. The van der Waals surface area contributed by atoms with Crippen LogP contribution in [0.1, 0.15) is 17.3 Å². The fourth-order valence-electron chi connectivity index (χ4n) is 1.26. The van der Waals surface area contributed by atoms with Crippen LogP contribution in [0.15, 0.2) is 22.7 Å². The van der Waals surface area contributed by atoms with Crippen molar-refractivity contribution in [1.29, 1.82) is 0 Å². The highest BCUT2D eigenvalue weighted by atomic mass is 79.9. The molecule has 19 heavy (non-hydrogen) atoms. The molecule has 0 aromatic heterocycles. The largest absolute Gasteiger partial charge is 0.350 e. The summed E-state index contributed by atoms with van der Waals surface area (Å²) in [6, 6.07) is 4.29. The maximum absolute atomic E-state index is 11.8. The van der Waals surface area contributed by atoms with E-state index in [1.54, 1.807) is 13.1 Å². The van der Waals surface area contributed by atoms with E-state index in [0.29, 0.717) is 11.0 Å². The Bertz CT molecular complexity index is 470. The molecule has 0 aliphatic rings. The van der Waals surface area contributed by atoms with Gasteiger partial charge in [0.1, 0.15) is 0 Å². The van der Waals surface area contributed by atoms with Gasteiger partial charge in [0.2, 0.25) is 0 Å². The van der Waals surface area contributed by atoms with Gasteiger partial charge < -0.3 is 10.6 Å². The summed E-state index contributed by atoms with van der Waals surface area (Å²) in [6.45, 7) is 2.37. The molecule has 1 aromatic carbocycles. The molecule has 1 unspecified atom stereocenters. The molecule has 6 nitrogen and oxygen atoms in total. The van der Waals surface area contributed by atoms with Crippen molar-refractivity contribution in [3.8, 4) is 0 Å². The second-order valence-corrected chi connectivity index (χ2v) is 4.77. The van der Waals surface area contributed by atoms with Crippen molar-refractivity contribution in [2.75, 3.05) is 13.6 Å².